The molecule has 0 unspecified atom stereocenters. The largest absolute Gasteiger partial charge is 0.496 e. The average Bonchev–Trinajstić information content (AvgIpc) is 2.48. The van der Waals surface area contributed by atoms with Crippen LogP contribution in [0.4, 0.5) is 0 Å². The third-order valence-corrected chi connectivity index (χ3v) is 3.41. The van der Waals surface area contributed by atoms with Crippen molar-refractivity contribution in [3.63, 3.8) is 0 Å². The zero-order chi connectivity index (χ0) is 13.7. The van der Waals surface area contributed by atoms with E-state index in [0.717, 1.165) is 5.75 Å². The SMILES string of the molecule is COc1ccccc1[C@H](C)N[C@H](C)c1ccccc1. The Morgan fingerprint density at radius 3 is 2.16 bits per heavy atom. The summed E-state index contributed by atoms with van der Waals surface area (Å²) in [4.78, 5) is 0. The van der Waals surface area contributed by atoms with Gasteiger partial charge in [-0.25, -0.2) is 0 Å². The lowest BCUT2D eigenvalue weighted by atomic mass is 10.0. The molecule has 0 saturated heterocycles. The highest BCUT2D eigenvalue weighted by molar-refractivity contribution is 5.35. The molecule has 0 spiro atoms. The predicted octanol–water partition coefficient (Wildman–Crippen LogP) is 4.11. The van der Waals surface area contributed by atoms with Crippen molar-refractivity contribution in [2.75, 3.05) is 7.11 Å². The maximum atomic E-state index is 5.41. The summed E-state index contributed by atoms with van der Waals surface area (Å²) in [6.45, 7) is 4.35. The normalized spacial score (nSPS) is 13.8. The first-order valence-corrected chi connectivity index (χ1v) is 6.66. The van der Waals surface area contributed by atoms with Crippen LogP contribution in [0.15, 0.2) is 54.6 Å². The second-order valence-electron chi connectivity index (χ2n) is 4.76. The molecule has 0 fully saturated rings. The van der Waals surface area contributed by atoms with Gasteiger partial charge in [-0.15, -0.1) is 0 Å². The van der Waals surface area contributed by atoms with Crippen LogP contribution in [0.2, 0.25) is 0 Å². The van der Waals surface area contributed by atoms with Crippen LogP contribution >= 0.6 is 0 Å². The summed E-state index contributed by atoms with van der Waals surface area (Å²) < 4.78 is 5.41. The number of ether oxygens (including phenoxy) is 1. The van der Waals surface area contributed by atoms with Gasteiger partial charge in [-0.05, 0) is 25.5 Å². The number of nitrogens with one attached hydrogen (secondary N) is 1. The van der Waals surface area contributed by atoms with Crippen LogP contribution in [0.3, 0.4) is 0 Å². The molecule has 0 aliphatic rings. The lowest BCUT2D eigenvalue weighted by Gasteiger charge is -2.22. The molecular formula is C17H21NO. The fourth-order valence-electron chi connectivity index (χ4n) is 2.33. The van der Waals surface area contributed by atoms with E-state index in [1.54, 1.807) is 7.11 Å². The van der Waals surface area contributed by atoms with Crippen molar-refractivity contribution in [1.82, 2.24) is 5.32 Å². The summed E-state index contributed by atoms with van der Waals surface area (Å²) in [5, 5.41) is 3.61. The Morgan fingerprint density at radius 1 is 0.842 bits per heavy atom. The molecule has 2 nitrogen and oxygen atoms in total. The standard InChI is InChI=1S/C17H21NO/c1-13(15-9-5-4-6-10-15)18-14(2)16-11-7-8-12-17(16)19-3/h4-14,18H,1-3H3/t13-,14+/m1/s1. The van der Waals surface area contributed by atoms with Crippen molar-refractivity contribution in [1.29, 1.82) is 0 Å². The molecule has 0 bridgehead atoms. The minimum absolute atomic E-state index is 0.242. The second kappa shape index (κ2) is 6.39. The van der Waals surface area contributed by atoms with Gasteiger partial charge in [0.25, 0.3) is 0 Å². The molecule has 1 N–H and O–H groups in total. The molecule has 0 saturated carbocycles. The summed E-state index contributed by atoms with van der Waals surface area (Å²) in [6, 6.07) is 19.2. The highest BCUT2D eigenvalue weighted by atomic mass is 16.5. The minimum atomic E-state index is 0.242. The molecule has 2 heteroatoms. The Bertz CT molecular complexity index is 510. The number of para-hydroxylation sites is 1. The van der Waals surface area contributed by atoms with Crippen molar-refractivity contribution in [3.8, 4) is 5.75 Å². The van der Waals surface area contributed by atoms with Crippen LogP contribution < -0.4 is 10.1 Å². The van der Waals surface area contributed by atoms with E-state index >= 15 is 0 Å². The van der Waals surface area contributed by atoms with Gasteiger partial charge in [0.15, 0.2) is 0 Å². The van der Waals surface area contributed by atoms with Gasteiger partial charge >= 0.3 is 0 Å². The first kappa shape index (κ1) is 13.6. The van der Waals surface area contributed by atoms with Crippen molar-refractivity contribution in [2.24, 2.45) is 0 Å². The molecule has 2 aromatic carbocycles. The third-order valence-electron chi connectivity index (χ3n) is 3.41. The summed E-state index contributed by atoms with van der Waals surface area (Å²) in [6.07, 6.45) is 0. The Balaban J connectivity index is 2.11. The maximum absolute atomic E-state index is 5.41. The minimum Gasteiger partial charge on any atom is -0.496 e. The van der Waals surface area contributed by atoms with Crippen LogP contribution in [0, 0.1) is 0 Å². The van der Waals surface area contributed by atoms with Crippen LogP contribution in [-0.2, 0) is 0 Å². The number of hydrogen-bond donors (Lipinski definition) is 1. The zero-order valence-corrected chi connectivity index (χ0v) is 11.8. The topological polar surface area (TPSA) is 21.3 Å². The Kier molecular flexibility index (Phi) is 4.58. The molecule has 2 rings (SSSR count). The molecule has 0 radical (unpaired) electrons. The molecule has 100 valence electrons. The fraction of sp³-hybridized carbons (Fsp3) is 0.294. The molecule has 0 aromatic heterocycles. The van der Waals surface area contributed by atoms with E-state index in [1.807, 2.05) is 24.3 Å². The molecule has 2 atom stereocenters. The van der Waals surface area contributed by atoms with Gasteiger partial charge in [-0.3, -0.25) is 0 Å². The van der Waals surface area contributed by atoms with Crippen LogP contribution in [0.5, 0.6) is 5.75 Å². The van der Waals surface area contributed by atoms with Crippen molar-refractivity contribution in [2.45, 2.75) is 25.9 Å². The average molecular weight is 255 g/mol. The van der Waals surface area contributed by atoms with Gasteiger partial charge in [-0.2, -0.15) is 0 Å². The van der Waals surface area contributed by atoms with E-state index in [1.165, 1.54) is 11.1 Å². The number of benzene rings is 2. The summed E-state index contributed by atoms with van der Waals surface area (Å²) in [5.41, 5.74) is 2.48. The smallest absolute Gasteiger partial charge is 0.123 e. The first-order chi connectivity index (χ1) is 9.22. The summed E-state index contributed by atoms with van der Waals surface area (Å²) in [7, 11) is 1.71. The lowest BCUT2D eigenvalue weighted by molar-refractivity contribution is 0.396. The van der Waals surface area contributed by atoms with E-state index in [-0.39, 0.29) is 6.04 Å². The fourth-order valence-corrected chi connectivity index (χ4v) is 2.33. The first-order valence-electron chi connectivity index (χ1n) is 6.66. The highest BCUT2D eigenvalue weighted by Gasteiger charge is 2.13. The van der Waals surface area contributed by atoms with Gasteiger partial charge in [0.05, 0.1) is 7.11 Å². The van der Waals surface area contributed by atoms with E-state index in [9.17, 15) is 0 Å². The summed E-state index contributed by atoms with van der Waals surface area (Å²) in [5.74, 6) is 0.933. The molecule has 19 heavy (non-hydrogen) atoms. The third kappa shape index (κ3) is 3.36. The molecule has 0 heterocycles. The van der Waals surface area contributed by atoms with Crippen LogP contribution in [0.25, 0.3) is 0 Å². The van der Waals surface area contributed by atoms with Gasteiger partial charge in [-0.1, -0.05) is 48.5 Å². The van der Waals surface area contributed by atoms with E-state index in [2.05, 4.69) is 49.5 Å². The van der Waals surface area contributed by atoms with Gasteiger partial charge < -0.3 is 10.1 Å². The van der Waals surface area contributed by atoms with Crippen molar-refractivity contribution < 1.29 is 4.74 Å². The van der Waals surface area contributed by atoms with Gasteiger partial charge in [0.1, 0.15) is 5.75 Å². The van der Waals surface area contributed by atoms with Gasteiger partial charge in [0.2, 0.25) is 0 Å². The Labute approximate surface area is 115 Å². The lowest BCUT2D eigenvalue weighted by Crippen LogP contribution is -2.22. The van der Waals surface area contributed by atoms with Crippen molar-refractivity contribution in [3.05, 3.63) is 65.7 Å². The van der Waals surface area contributed by atoms with E-state index in [0.29, 0.717) is 6.04 Å². The van der Waals surface area contributed by atoms with Crippen LogP contribution in [-0.4, -0.2) is 7.11 Å². The number of methoxy groups -OCH3 is 1. The monoisotopic (exact) mass is 255 g/mol. The molecule has 0 aliphatic carbocycles. The quantitative estimate of drug-likeness (QED) is 0.868. The molecular weight excluding hydrogens is 234 g/mol. The number of rotatable bonds is 5. The highest BCUT2D eigenvalue weighted by Crippen LogP contribution is 2.26. The zero-order valence-electron chi connectivity index (χ0n) is 11.8. The molecule has 0 aliphatic heterocycles. The van der Waals surface area contributed by atoms with Gasteiger partial charge in [0, 0.05) is 17.6 Å². The van der Waals surface area contributed by atoms with Crippen LogP contribution in [0.1, 0.15) is 37.1 Å². The Morgan fingerprint density at radius 2 is 1.47 bits per heavy atom. The Hall–Kier alpha value is -1.80. The van der Waals surface area contributed by atoms with E-state index < -0.39 is 0 Å². The number of hydrogen-bond acceptors (Lipinski definition) is 2. The second-order valence-corrected chi connectivity index (χ2v) is 4.76. The summed E-state index contributed by atoms with van der Waals surface area (Å²) >= 11 is 0. The van der Waals surface area contributed by atoms with E-state index in [4.69, 9.17) is 4.74 Å². The molecule has 0 amide bonds. The molecule has 2 aromatic rings. The maximum Gasteiger partial charge on any atom is 0.123 e. The van der Waals surface area contributed by atoms with Crippen molar-refractivity contribution >= 4 is 0 Å². The predicted molar refractivity (Wildman–Crippen MR) is 79.4 cm³/mol.